The van der Waals surface area contributed by atoms with E-state index in [1.54, 1.807) is 0 Å². The van der Waals surface area contributed by atoms with Crippen LogP contribution in [0.4, 0.5) is 0 Å². The van der Waals surface area contributed by atoms with Crippen molar-refractivity contribution in [3.05, 3.63) is 0 Å². The van der Waals surface area contributed by atoms with Crippen molar-refractivity contribution < 1.29 is 0 Å². The molecule has 0 radical (unpaired) electrons. The number of nitrogens with zero attached hydrogens (tertiary/aromatic N) is 1. The second kappa shape index (κ2) is 6.38. The fourth-order valence-electron chi connectivity index (χ4n) is 3.93. The summed E-state index contributed by atoms with van der Waals surface area (Å²) in [7, 11) is 0. The van der Waals surface area contributed by atoms with Gasteiger partial charge < -0.3 is 10.2 Å². The van der Waals surface area contributed by atoms with Crippen LogP contribution >= 0.6 is 0 Å². The van der Waals surface area contributed by atoms with Gasteiger partial charge in [0.15, 0.2) is 0 Å². The summed E-state index contributed by atoms with van der Waals surface area (Å²) in [6.45, 7) is 12.3. The van der Waals surface area contributed by atoms with Crippen LogP contribution in [0.25, 0.3) is 0 Å². The van der Waals surface area contributed by atoms with E-state index in [9.17, 15) is 0 Å². The molecule has 2 unspecified atom stereocenters. The second-order valence-corrected chi connectivity index (χ2v) is 6.64. The average molecular weight is 252 g/mol. The minimum atomic E-state index is 0.638. The highest BCUT2D eigenvalue weighted by atomic mass is 15.2. The Balaban J connectivity index is 1.80. The van der Waals surface area contributed by atoms with Gasteiger partial charge >= 0.3 is 0 Å². The fraction of sp³-hybridized carbons (Fsp3) is 1.00. The Bertz CT molecular complexity index is 247. The van der Waals surface area contributed by atoms with Gasteiger partial charge in [-0.05, 0) is 56.5 Å². The normalized spacial score (nSPS) is 32.8. The van der Waals surface area contributed by atoms with Crippen LogP contribution in [0.2, 0.25) is 0 Å². The number of hydrogen-bond donors (Lipinski definition) is 1. The maximum atomic E-state index is 3.73. The minimum Gasteiger partial charge on any atom is -0.313 e. The quantitative estimate of drug-likeness (QED) is 0.808. The predicted octanol–water partition coefficient (Wildman–Crippen LogP) is 3.28. The average Bonchev–Trinajstić information content (AvgIpc) is 2.83. The van der Waals surface area contributed by atoms with Gasteiger partial charge in [0.2, 0.25) is 0 Å². The van der Waals surface area contributed by atoms with Crippen molar-refractivity contribution in [1.29, 1.82) is 0 Å². The zero-order chi connectivity index (χ0) is 13.0. The Morgan fingerprint density at radius 1 is 1.22 bits per heavy atom. The summed E-state index contributed by atoms with van der Waals surface area (Å²) >= 11 is 0. The van der Waals surface area contributed by atoms with Gasteiger partial charge in [0.1, 0.15) is 0 Å². The van der Waals surface area contributed by atoms with Crippen molar-refractivity contribution in [2.24, 2.45) is 11.3 Å². The smallest absolute Gasteiger partial charge is 0.0197 e. The minimum absolute atomic E-state index is 0.638. The zero-order valence-electron chi connectivity index (χ0n) is 12.7. The number of rotatable bonds is 5. The lowest BCUT2D eigenvalue weighted by atomic mass is 9.82. The zero-order valence-corrected chi connectivity index (χ0v) is 12.7. The molecule has 2 saturated heterocycles. The molecule has 2 fully saturated rings. The molecule has 2 rings (SSSR count). The monoisotopic (exact) mass is 252 g/mol. The van der Waals surface area contributed by atoms with Crippen LogP contribution in [-0.4, -0.2) is 37.1 Å². The molecule has 0 aromatic carbocycles. The highest BCUT2D eigenvalue weighted by Gasteiger charge is 2.35. The van der Waals surface area contributed by atoms with Crippen molar-refractivity contribution in [3.63, 3.8) is 0 Å². The standard InChI is InChI=1S/C16H32N2/c1-4-14-7-9-17-15(11-14)12-18-10-8-16(5-2,6-3)13-18/h14-15,17H,4-13H2,1-3H3. The third kappa shape index (κ3) is 3.27. The van der Waals surface area contributed by atoms with E-state index >= 15 is 0 Å². The summed E-state index contributed by atoms with van der Waals surface area (Å²) in [5.74, 6) is 0.973. The number of hydrogen-bond acceptors (Lipinski definition) is 2. The maximum Gasteiger partial charge on any atom is 0.0197 e. The predicted molar refractivity (Wildman–Crippen MR) is 78.9 cm³/mol. The topological polar surface area (TPSA) is 15.3 Å². The van der Waals surface area contributed by atoms with Crippen LogP contribution in [0.3, 0.4) is 0 Å². The Morgan fingerprint density at radius 3 is 2.61 bits per heavy atom. The van der Waals surface area contributed by atoms with Gasteiger partial charge in [-0.25, -0.2) is 0 Å². The van der Waals surface area contributed by atoms with Gasteiger partial charge in [-0.1, -0.05) is 27.2 Å². The lowest BCUT2D eigenvalue weighted by Gasteiger charge is -2.33. The van der Waals surface area contributed by atoms with E-state index in [-0.39, 0.29) is 0 Å². The van der Waals surface area contributed by atoms with E-state index in [0.717, 1.165) is 12.0 Å². The van der Waals surface area contributed by atoms with Crippen molar-refractivity contribution in [2.75, 3.05) is 26.2 Å². The Hall–Kier alpha value is -0.0800. The Morgan fingerprint density at radius 2 is 2.00 bits per heavy atom. The lowest BCUT2D eigenvalue weighted by Crippen LogP contribution is -2.45. The summed E-state index contributed by atoms with van der Waals surface area (Å²) in [6, 6.07) is 0.758. The van der Waals surface area contributed by atoms with Crippen LogP contribution in [-0.2, 0) is 0 Å². The van der Waals surface area contributed by atoms with Gasteiger partial charge in [0.05, 0.1) is 0 Å². The van der Waals surface area contributed by atoms with E-state index in [2.05, 4.69) is 31.0 Å². The Labute approximate surface area is 114 Å². The highest BCUT2D eigenvalue weighted by Crippen LogP contribution is 2.37. The number of piperidine rings is 1. The molecule has 2 atom stereocenters. The first-order chi connectivity index (χ1) is 8.71. The second-order valence-electron chi connectivity index (χ2n) is 6.64. The summed E-state index contributed by atoms with van der Waals surface area (Å²) in [4.78, 5) is 2.72. The molecular weight excluding hydrogens is 220 g/mol. The molecule has 0 aromatic rings. The molecule has 2 aliphatic heterocycles. The molecule has 0 aliphatic carbocycles. The highest BCUT2D eigenvalue weighted by molar-refractivity contribution is 4.90. The third-order valence-electron chi connectivity index (χ3n) is 5.68. The molecular formula is C16H32N2. The van der Waals surface area contributed by atoms with Gasteiger partial charge in [0.25, 0.3) is 0 Å². The van der Waals surface area contributed by atoms with Crippen LogP contribution in [0.5, 0.6) is 0 Å². The van der Waals surface area contributed by atoms with E-state index in [1.807, 2.05) is 0 Å². The van der Waals surface area contributed by atoms with Crippen molar-refractivity contribution >= 4 is 0 Å². The molecule has 2 heterocycles. The molecule has 2 aliphatic rings. The van der Waals surface area contributed by atoms with Gasteiger partial charge in [-0.3, -0.25) is 0 Å². The maximum absolute atomic E-state index is 3.73. The van der Waals surface area contributed by atoms with Gasteiger partial charge in [0, 0.05) is 19.1 Å². The molecule has 0 aromatic heterocycles. The van der Waals surface area contributed by atoms with Crippen molar-refractivity contribution in [3.8, 4) is 0 Å². The Kier molecular flexibility index (Phi) is 5.08. The summed E-state index contributed by atoms with van der Waals surface area (Å²) < 4.78 is 0. The molecule has 106 valence electrons. The first-order valence-electron chi connectivity index (χ1n) is 8.17. The SMILES string of the molecule is CCC1CCNC(CN2CCC(CC)(CC)C2)C1. The van der Waals surface area contributed by atoms with Crippen LogP contribution in [0.1, 0.15) is 59.3 Å². The first-order valence-corrected chi connectivity index (χ1v) is 8.17. The van der Waals surface area contributed by atoms with E-state index in [1.165, 1.54) is 64.7 Å². The molecule has 1 N–H and O–H groups in total. The largest absolute Gasteiger partial charge is 0.313 e. The number of nitrogens with one attached hydrogen (secondary N) is 1. The number of likely N-dealkylation sites (tertiary alicyclic amines) is 1. The molecule has 0 amide bonds. The molecule has 2 nitrogen and oxygen atoms in total. The molecule has 0 bridgehead atoms. The molecule has 2 heteroatoms. The first kappa shape index (κ1) is 14.3. The van der Waals surface area contributed by atoms with Gasteiger partial charge in [-0.2, -0.15) is 0 Å². The molecule has 18 heavy (non-hydrogen) atoms. The van der Waals surface area contributed by atoms with Crippen LogP contribution in [0.15, 0.2) is 0 Å². The summed E-state index contributed by atoms with van der Waals surface area (Å²) in [5.41, 5.74) is 0.638. The lowest BCUT2D eigenvalue weighted by molar-refractivity contribution is 0.197. The summed E-state index contributed by atoms with van der Waals surface area (Å²) in [6.07, 6.45) is 8.29. The van der Waals surface area contributed by atoms with Gasteiger partial charge in [-0.15, -0.1) is 0 Å². The van der Waals surface area contributed by atoms with Crippen LogP contribution < -0.4 is 5.32 Å². The van der Waals surface area contributed by atoms with Crippen molar-refractivity contribution in [1.82, 2.24) is 10.2 Å². The van der Waals surface area contributed by atoms with Crippen LogP contribution in [0, 0.1) is 11.3 Å². The van der Waals surface area contributed by atoms with E-state index in [0.29, 0.717) is 5.41 Å². The summed E-state index contributed by atoms with van der Waals surface area (Å²) in [5, 5.41) is 3.73. The molecule has 0 saturated carbocycles. The van der Waals surface area contributed by atoms with E-state index in [4.69, 9.17) is 0 Å². The fourth-order valence-corrected chi connectivity index (χ4v) is 3.93. The van der Waals surface area contributed by atoms with Crippen molar-refractivity contribution in [2.45, 2.75) is 65.3 Å². The molecule has 0 spiro atoms. The van der Waals surface area contributed by atoms with E-state index < -0.39 is 0 Å². The third-order valence-corrected chi connectivity index (χ3v) is 5.68.